The number of benzene rings is 1. The fraction of sp³-hybridized carbons (Fsp3) is 0.588. The van der Waals surface area contributed by atoms with Gasteiger partial charge in [0.1, 0.15) is 0 Å². The van der Waals surface area contributed by atoms with E-state index >= 15 is 0 Å². The molecule has 0 spiro atoms. The first-order valence-electron chi connectivity index (χ1n) is 7.49. The average Bonchev–Trinajstić information content (AvgIpc) is 2.34. The Labute approximate surface area is 136 Å². The topological polar surface area (TPSA) is 34.1 Å². The standard InChI is InChI=1S/C10H14.C4H7O2S.3CH3.Sn/c1-10(2,3)9-7-5-4-6-8-9;1-2-3-4-7(5)6;;;;/h4-8H,1-3H3;4H,1-3H2;3*1H3;. The number of hydrogen-bond acceptors (Lipinski definition) is 2. The van der Waals surface area contributed by atoms with Crippen LogP contribution in [0.5, 0.6) is 0 Å². The van der Waals surface area contributed by atoms with Gasteiger partial charge >= 0.3 is 74.6 Å². The molecule has 0 fully saturated rings. The van der Waals surface area contributed by atoms with Crippen LogP contribution in [0.15, 0.2) is 30.3 Å². The molecule has 21 heavy (non-hydrogen) atoms. The van der Waals surface area contributed by atoms with Crippen molar-refractivity contribution in [1.29, 1.82) is 0 Å². The van der Waals surface area contributed by atoms with Gasteiger partial charge in [-0.25, -0.2) is 0 Å². The summed E-state index contributed by atoms with van der Waals surface area (Å²) in [7, 11) is -1.95. The van der Waals surface area contributed by atoms with Crippen LogP contribution in [0.2, 0.25) is 19.3 Å². The molecule has 1 rings (SSSR count). The molecule has 0 atom stereocenters. The van der Waals surface area contributed by atoms with Gasteiger partial charge in [0, 0.05) is 0 Å². The number of unbranched alkanes of at least 4 members (excludes halogenated alkanes) is 1. The Bertz CT molecular complexity index is 512. The van der Waals surface area contributed by atoms with Crippen molar-refractivity contribution in [2.75, 3.05) is 0 Å². The zero-order chi connectivity index (χ0) is 16.5. The Balaban J connectivity index is 0.000000382. The second-order valence-corrected chi connectivity index (χ2v) is 24.4. The van der Waals surface area contributed by atoms with Crippen molar-refractivity contribution < 1.29 is 8.42 Å². The van der Waals surface area contributed by atoms with Gasteiger partial charge in [0.25, 0.3) is 0 Å². The zero-order valence-corrected chi connectivity index (χ0v) is 18.0. The second kappa shape index (κ2) is 9.67. The average molecular weight is 417 g/mol. The van der Waals surface area contributed by atoms with Gasteiger partial charge in [0.05, 0.1) is 0 Å². The second-order valence-electron chi connectivity index (χ2n) is 7.50. The van der Waals surface area contributed by atoms with Crippen LogP contribution in [0.4, 0.5) is 0 Å². The molecule has 0 aromatic heterocycles. The summed E-state index contributed by atoms with van der Waals surface area (Å²) >= 11 is -1.60. The van der Waals surface area contributed by atoms with E-state index < -0.39 is 28.7 Å². The molecule has 0 unspecified atom stereocenters. The molecule has 1 aromatic carbocycles. The molecule has 0 aliphatic rings. The van der Waals surface area contributed by atoms with Crippen LogP contribution in [0.3, 0.4) is 0 Å². The molecule has 0 saturated heterocycles. The summed E-state index contributed by atoms with van der Waals surface area (Å²) in [5.41, 5.74) is 1.69. The summed E-state index contributed by atoms with van der Waals surface area (Å²) < 4.78 is 21.5. The first-order chi connectivity index (χ1) is 9.52. The SMILES string of the molecule is CC(C)(C)c1ccccc1.[CH3][Sn]([CH3])([CH3])[CH2]CCC=S(=O)=O. The van der Waals surface area contributed by atoms with Crippen LogP contribution in [0.1, 0.15) is 39.2 Å². The monoisotopic (exact) mass is 418 g/mol. The molecular weight excluding hydrogens is 387 g/mol. The minimum absolute atomic E-state index is 0.293. The maximum atomic E-state index is 10.1. The Morgan fingerprint density at radius 2 is 1.57 bits per heavy atom. The van der Waals surface area contributed by atoms with Gasteiger partial charge in [-0.15, -0.1) is 0 Å². The first kappa shape index (κ1) is 20.7. The normalized spacial score (nSPS) is 11.3. The predicted molar refractivity (Wildman–Crippen MR) is 97.5 cm³/mol. The van der Waals surface area contributed by atoms with E-state index in [0.717, 1.165) is 12.8 Å². The van der Waals surface area contributed by atoms with Crippen LogP contribution < -0.4 is 0 Å². The third-order valence-electron chi connectivity index (χ3n) is 3.02. The summed E-state index contributed by atoms with van der Waals surface area (Å²) in [6, 6.07) is 10.6. The van der Waals surface area contributed by atoms with Gasteiger partial charge in [0.2, 0.25) is 0 Å². The van der Waals surface area contributed by atoms with E-state index in [1.165, 1.54) is 15.4 Å². The molecular formula is C17H30O2SSn. The molecule has 0 bridgehead atoms. The van der Waals surface area contributed by atoms with E-state index in [1.807, 2.05) is 0 Å². The van der Waals surface area contributed by atoms with Gasteiger partial charge in [0.15, 0.2) is 0 Å². The summed E-state index contributed by atoms with van der Waals surface area (Å²) in [5, 5.41) is 1.36. The van der Waals surface area contributed by atoms with E-state index in [4.69, 9.17) is 0 Å². The van der Waals surface area contributed by atoms with Crippen LogP contribution in [-0.2, 0) is 15.7 Å². The van der Waals surface area contributed by atoms with Crippen molar-refractivity contribution in [2.45, 2.75) is 58.3 Å². The molecule has 0 heterocycles. The van der Waals surface area contributed by atoms with Gasteiger partial charge in [-0.3, -0.25) is 0 Å². The van der Waals surface area contributed by atoms with Crippen LogP contribution in [0.25, 0.3) is 0 Å². The summed E-state index contributed by atoms with van der Waals surface area (Å²) in [6.45, 7) is 6.67. The zero-order valence-electron chi connectivity index (χ0n) is 14.3. The molecule has 2 nitrogen and oxygen atoms in total. The van der Waals surface area contributed by atoms with E-state index in [9.17, 15) is 8.42 Å². The maximum absolute atomic E-state index is 10.1. The van der Waals surface area contributed by atoms with Crippen molar-refractivity contribution in [1.82, 2.24) is 0 Å². The number of hydrogen-bond donors (Lipinski definition) is 0. The predicted octanol–water partition coefficient (Wildman–Crippen LogP) is 4.77. The van der Waals surface area contributed by atoms with Crippen LogP contribution in [-0.4, -0.2) is 32.2 Å². The first-order valence-corrected chi connectivity index (χ1v) is 19.2. The fourth-order valence-electron chi connectivity index (χ4n) is 1.75. The van der Waals surface area contributed by atoms with Crippen molar-refractivity contribution in [3.05, 3.63) is 35.9 Å². The molecule has 0 N–H and O–H groups in total. The van der Waals surface area contributed by atoms with Crippen molar-refractivity contribution >= 4 is 34.0 Å². The summed E-state index contributed by atoms with van der Waals surface area (Å²) in [5.74, 6) is 0. The molecule has 4 heteroatoms. The molecule has 0 saturated carbocycles. The summed E-state index contributed by atoms with van der Waals surface area (Å²) in [4.78, 5) is 7.09. The van der Waals surface area contributed by atoms with Crippen molar-refractivity contribution in [3.63, 3.8) is 0 Å². The molecule has 0 aliphatic heterocycles. The van der Waals surface area contributed by atoms with Crippen LogP contribution in [0, 0.1) is 0 Å². The summed E-state index contributed by atoms with van der Waals surface area (Å²) in [6.07, 6.45) is 1.78. The number of rotatable bonds is 4. The van der Waals surface area contributed by atoms with E-state index in [2.05, 4.69) is 65.9 Å². The van der Waals surface area contributed by atoms with E-state index in [-0.39, 0.29) is 0 Å². The Hall–Kier alpha value is -0.291. The Morgan fingerprint density at radius 1 is 1.05 bits per heavy atom. The third-order valence-corrected chi connectivity index (χ3v) is 8.82. The fourth-order valence-corrected chi connectivity index (χ4v) is 5.72. The molecule has 0 aliphatic carbocycles. The van der Waals surface area contributed by atoms with Gasteiger partial charge < -0.3 is 0 Å². The van der Waals surface area contributed by atoms with Gasteiger partial charge in [-0.1, -0.05) is 51.1 Å². The van der Waals surface area contributed by atoms with E-state index in [0.29, 0.717) is 5.41 Å². The van der Waals surface area contributed by atoms with Crippen molar-refractivity contribution in [3.8, 4) is 0 Å². The third kappa shape index (κ3) is 13.1. The Kier molecular flexibility index (Phi) is 9.54. The van der Waals surface area contributed by atoms with Crippen molar-refractivity contribution in [2.24, 2.45) is 0 Å². The van der Waals surface area contributed by atoms with Crippen LogP contribution >= 0.6 is 0 Å². The van der Waals surface area contributed by atoms with Gasteiger partial charge in [-0.05, 0) is 11.0 Å². The molecule has 1 aromatic rings. The molecule has 0 radical (unpaired) electrons. The quantitative estimate of drug-likeness (QED) is 0.402. The Morgan fingerprint density at radius 3 is 1.90 bits per heavy atom. The molecule has 0 amide bonds. The minimum atomic E-state index is -1.95. The van der Waals surface area contributed by atoms with E-state index in [1.54, 1.807) is 0 Å². The van der Waals surface area contributed by atoms with Gasteiger partial charge in [-0.2, -0.15) is 0 Å². The molecule has 120 valence electrons.